The molecule has 0 heterocycles. The molecule has 0 aliphatic heterocycles. The topological polar surface area (TPSA) is 44.4 Å². The van der Waals surface area contributed by atoms with Crippen LogP contribution in [0, 0.1) is 0 Å². The Morgan fingerprint density at radius 2 is 1.89 bits per heavy atom. The molecule has 0 saturated heterocycles. The lowest BCUT2D eigenvalue weighted by atomic mass is 10.3. The molecule has 0 atom stereocenters. The molecule has 0 unspecified atom stereocenters. The fourth-order valence-electron chi connectivity index (χ4n) is 1.66. The SMILES string of the molecule is C/C=C/CCC(=O)NCCNCCN(CC)CC. The van der Waals surface area contributed by atoms with E-state index < -0.39 is 0 Å². The number of amides is 1. The molecule has 0 rings (SSSR count). The summed E-state index contributed by atoms with van der Waals surface area (Å²) in [5.74, 6) is 0.138. The molecular formula is C14H29N3O. The standard InChI is InChI=1S/C14H29N3O/c1-4-7-8-9-14(18)16-11-10-15-12-13-17(5-2)6-3/h4,7,15H,5-6,8-13H2,1-3H3,(H,16,18)/b7-4+. The van der Waals surface area contributed by atoms with Gasteiger partial charge in [0.05, 0.1) is 0 Å². The number of allylic oxidation sites excluding steroid dienone is 2. The maximum absolute atomic E-state index is 11.4. The highest BCUT2D eigenvalue weighted by molar-refractivity contribution is 5.75. The van der Waals surface area contributed by atoms with Gasteiger partial charge in [-0.3, -0.25) is 4.79 Å². The number of hydrogen-bond acceptors (Lipinski definition) is 3. The van der Waals surface area contributed by atoms with Crippen molar-refractivity contribution in [3.05, 3.63) is 12.2 Å². The highest BCUT2D eigenvalue weighted by atomic mass is 16.1. The van der Waals surface area contributed by atoms with Gasteiger partial charge in [-0.15, -0.1) is 0 Å². The third kappa shape index (κ3) is 10.3. The normalized spacial score (nSPS) is 11.3. The van der Waals surface area contributed by atoms with Crippen molar-refractivity contribution in [1.29, 1.82) is 0 Å². The van der Waals surface area contributed by atoms with Gasteiger partial charge in [0.2, 0.25) is 5.91 Å². The zero-order valence-electron chi connectivity index (χ0n) is 12.2. The number of rotatable bonds is 11. The second-order valence-corrected chi connectivity index (χ2v) is 4.23. The van der Waals surface area contributed by atoms with Crippen molar-refractivity contribution in [2.75, 3.05) is 39.3 Å². The van der Waals surface area contributed by atoms with Crippen LogP contribution in [-0.2, 0) is 4.79 Å². The molecule has 106 valence electrons. The van der Waals surface area contributed by atoms with Gasteiger partial charge in [0.15, 0.2) is 0 Å². The molecule has 0 fully saturated rings. The van der Waals surface area contributed by atoms with Crippen molar-refractivity contribution in [3.63, 3.8) is 0 Å². The minimum Gasteiger partial charge on any atom is -0.355 e. The van der Waals surface area contributed by atoms with Crippen molar-refractivity contribution < 1.29 is 4.79 Å². The van der Waals surface area contributed by atoms with Gasteiger partial charge in [-0.05, 0) is 26.4 Å². The first-order chi connectivity index (χ1) is 8.74. The molecule has 0 bridgehead atoms. The largest absolute Gasteiger partial charge is 0.355 e. The van der Waals surface area contributed by atoms with E-state index in [0.29, 0.717) is 13.0 Å². The van der Waals surface area contributed by atoms with Crippen LogP contribution in [0.1, 0.15) is 33.6 Å². The molecule has 0 aromatic heterocycles. The van der Waals surface area contributed by atoms with Crippen LogP contribution in [0.25, 0.3) is 0 Å². The van der Waals surface area contributed by atoms with Gasteiger partial charge < -0.3 is 15.5 Å². The molecule has 0 spiro atoms. The number of carbonyl (C=O) groups is 1. The Morgan fingerprint density at radius 3 is 2.50 bits per heavy atom. The van der Waals surface area contributed by atoms with Crippen LogP contribution in [0.5, 0.6) is 0 Å². The van der Waals surface area contributed by atoms with Crippen molar-refractivity contribution in [2.24, 2.45) is 0 Å². The van der Waals surface area contributed by atoms with Crippen LogP contribution in [0.3, 0.4) is 0 Å². The minimum absolute atomic E-state index is 0.138. The van der Waals surface area contributed by atoms with Crippen LogP contribution < -0.4 is 10.6 Å². The average molecular weight is 255 g/mol. The first-order valence-electron chi connectivity index (χ1n) is 7.05. The van der Waals surface area contributed by atoms with E-state index in [1.54, 1.807) is 0 Å². The molecule has 0 saturated carbocycles. The molecule has 0 aromatic carbocycles. The van der Waals surface area contributed by atoms with E-state index in [1.165, 1.54) is 0 Å². The van der Waals surface area contributed by atoms with Gasteiger partial charge in [-0.2, -0.15) is 0 Å². The lowest BCUT2D eigenvalue weighted by molar-refractivity contribution is -0.120. The van der Waals surface area contributed by atoms with E-state index in [-0.39, 0.29) is 5.91 Å². The smallest absolute Gasteiger partial charge is 0.220 e. The van der Waals surface area contributed by atoms with Crippen molar-refractivity contribution in [3.8, 4) is 0 Å². The molecule has 0 radical (unpaired) electrons. The number of hydrogen-bond donors (Lipinski definition) is 2. The first kappa shape index (κ1) is 17.1. The zero-order valence-corrected chi connectivity index (χ0v) is 12.2. The van der Waals surface area contributed by atoms with Crippen LogP contribution in [0.2, 0.25) is 0 Å². The second kappa shape index (κ2) is 12.6. The minimum atomic E-state index is 0.138. The molecule has 4 nitrogen and oxygen atoms in total. The van der Waals surface area contributed by atoms with Gasteiger partial charge in [0.1, 0.15) is 0 Å². The fourth-order valence-corrected chi connectivity index (χ4v) is 1.66. The Kier molecular flexibility index (Phi) is 12.0. The number of nitrogens with one attached hydrogen (secondary N) is 2. The van der Waals surface area contributed by atoms with Crippen molar-refractivity contribution in [1.82, 2.24) is 15.5 Å². The summed E-state index contributed by atoms with van der Waals surface area (Å²) in [4.78, 5) is 13.7. The second-order valence-electron chi connectivity index (χ2n) is 4.23. The zero-order chi connectivity index (χ0) is 13.6. The van der Waals surface area contributed by atoms with E-state index in [0.717, 1.165) is 39.1 Å². The quantitative estimate of drug-likeness (QED) is 0.433. The van der Waals surface area contributed by atoms with Crippen LogP contribution in [0.15, 0.2) is 12.2 Å². The Balaban J connectivity index is 3.31. The molecule has 1 amide bonds. The van der Waals surface area contributed by atoms with E-state index in [1.807, 2.05) is 19.1 Å². The predicted octanol–water partition coefficient (Wildman–Crippen LogP) is 1.39. The number of nitrogens with zero attached hydrogens (tertiary/aromatic N) is 1. The van der Waals surface area contributed by atoms with E-state index >= 15 is 0 Å². The summed E-state index contributed by atoms with van der Waals surface area (Å²) in [6.45, 7) is 12.1. The lowest BCUT2D eigenvalue weighted by Crippen LogP contribution is -2.36. The molecule has 18 heavy (non-hydrogen) atoms. The maximum atomic E-state index is 11.4. The van der Waals surface area contributed by atoms with Gasteiger partial charge in [0.25, 0.3) is 0 Å². The van der Waals surface area contributed by atoms with Gasteiger partial charge >= 0.3 is 0 Å². The summed E-state index contributed by atoms with van der Waals surface area (Å²) < 4.78 is 0. The molecule has 0 aliphatic rings. The summed E-state index contributed by atoms with van der Waals surface area (Å²) in [5, 5.41) is 6.25. The Bertz CT molecular complexity index is 225. The third-order valence-corrected chi connectivity index (χ3v) is 2.90. The number of likely N-dealkylation sites (N-methyl/N-ethyl adjacent to an activating group) is 1. The summed E-state index contributed by atoms with van der Waals surface area (Å²) in [7, 11) is 0. The van der Waals surface area contributed by atoms with Gasteiger partial charge in [-0.25, -0.2) is 0 Å². The summed E-state index contributed by atoms with van der Waals surface area (Å²) >= 11 is 0. The monoisotopic (exact) mass is 255 g/mol. The Labute approximate surface area is 112 Å². The average Bonchev–Trinajstić information content (AvgIpc) is 2.38. The summed E-state index contributed by atoms with van der Waals surface area (Å²) in [6.07, 6.45) is 5.41. The molecule has 4 heteroatoms. The Morgan fingerprint density at radius 1 is 1.17 bits per heavy atom. The Hall–Kier alpha value is -0.870. The number of carbonyl (C=O) groups excluding carboxylic acids is 1. The lowest BCUT2D eigenvalue weighted by Gasteiger charge is -2.18. The van der Waals surface area contributed by atoms with Crippen LogP contribution >= 0.6 is 0 Å². The van der Waals surface area contributed by atoms with E-state index in [4.69, 9.17) is 0 Å². The van der Waals surface area contributed by atoms with Crippen LogP contribution in [-0.4, -0.2) is 50.1 Å². The van der Waals surface area contributed by atoms with Gasteiger partial charge in [-0.1, -0.05) is 26.0 Å². The summed E-state index contributed by atoms with van der Waals surface area (Å²) in [6, 6.07) is 0. The highest BCUT2D eigenvalue weighted by Gasteiger charge is 1.99. The third-order valence-electron chi connectivity index (χ3n) is 2.90. The maximum Gasteiger partial charge on any atom is 0.220 e. The molecule has 2 N–H and O–H groups in total. The summed E-state index contributed by atoms with van der Waals surface area (Å²) in [5.41, 5.74) is 0. The predicted molar refractivity (Wildman–Crippen MR) is 77.7 cm³/mol. The molecular weight excluding hydrogens is 226 g/mol. The van der Waals surface area contributed by atoms with Crippen molar-refractivity contribution >= 4 is 5.91 Å². The fraction of sp³-hybridized carbons (Fsp3) is 0.786. The first-order valence-corrected chi connectivity index (χ1v) is 7.05. The van der Waals surface area contributed by atoms with E-state index in [9.17, 15) is 4.79 Å². The molecule has 0 aliphatic carbocycles. The van der Waals surface area contributed by atoms with E-state index in [2.05, 4.69) is 29.4 Å². The van der Waals surface area contributed by atoms with Crippen LogP contribution in [0.4, 0.5) is 0 Å². The van der Waals surface area contributed by atoms with Crippen molar-refractivity contribution in [2.45, 2.75) is 33.6 Å². The highest BCUT2D eigenvalue weighted by Crippen LogP contribution is 1.90. The molecule has 0 aromatic rings. The van der Waals surface area contributed by atoms with Gasteiger partial charge in [0, 0.05) is 32.6 Å².